The van der Waals surface area contributed by atoms with Crippen LogP contribution in [0, 0.1) is 6.92 Å². The summed E-state index contributed by atoms with van der Waals surface area (Å²) in [7, 11) is -3.53. The summed E-state index contributed by atoms with van der Waals surface area (Å²) >= 11 is 0. The van der Waals surface area contributed by atoms with E-state index in [0.717, 1.165) is 44.2 Å². The minimum Gasteiger partial charge on any atom is -0.392 e. The van der Waals surface area contributed by atoms with Gasteiger partial charge in [0.05, 0.1) is 17.5 Å². The van der Waals surface area contributed by atoms with Crippen LogP contribution in [-0.4, -0.2) is 67.5 Å². The van der Waals surface area contributed by atoms with Crippen molar-refractivity contribution in [3.8, 4) is 0 Å². The molecule has 0 radical (unpaired) electrons. The van der Waals surface area contributed by atoms with Crippen LogP contribution in [-0.2, 0) is 14.8 Å². The van der Waals surface area contributed by atoms with E-state index in [1.165, 1.54) is 4.31 Å². The molecule has 2 fully saturated rings. The number of amides is 1. The van der Waals surface area contributed by atoms with Crippen molar-refractivity contribution in [1.29, 1.82) is 0 Å². The Hall–Kier alpha value is -1.48. The van der Waals surface area contributed by atoms with Gasteiger partial charge in [-0.2, -0.15) is 4.31 Å². The van der Waals surface area contributed by atoms with Crippen LogP contribution in [0.4, 0.5) is 5.69 Å². The van der Waals surface area contributed by atoms with Crippen LogP contribution in [0.15, 0.2) is 23.1 Å². The quantitative estimate of drug-likeness (QED) is 0.790. The molecule has 150 valence electrons. The number of hydrogen-bond donors (Lipinski definition) is 2. The molecule has 8 heteroatoms. The zero-order chi connectivity index (χ0) is 19.4. The number of nitrogens with zero attached hydrogens (tertiary/aromatic N) is 2. The van der Waals surface area contributed by atoms with Crippen LogP contribution in [0.3, 0.4) is 0 Å². The Labute approximate surface area is 161 Å². The van der Waals surface area contributed by atoms with Gasteiger partial charge >= 0.3 is 0 Å². The van der Waals surface area contributed by atoms with E-state index in [4.69, 9.17) is 0 Å². The summed E-state index contributed by atoms with van der Waals surface area (Å²) in [6, 6.07) is 4.90. The molecule has 1 amide bonds. The molecule has 2 aliphatic rings. The second-order valence-electron chi connectivity index (χ2n) is 7.52. The fourth-order valence-corrected chi connectivity index (χ4v) is 5.26. The van der Waals surface area contributed by atoms with E-state index in [1.54, 1.807) is 18.2 Å². The van der Waals surface area contributed by atoms with Gasteiger partial charge in [0.25, 0.3) is 0 Å². The largest absolute Gasteiger partial charge is 0.392 e. The normalized spacial score (nSPS) is 22.5. The summed E-state index contributed by atoms with van der Waals surface area (Å²) in [6.45, 7) is 4.42. The Kier molecular flexibility index (Phi) is 6.52. The van der Waals surface area contributed by atoms with Gasteiger partial charge < -0.3 is 10.4 Å². The number of hydrogen-bond acceptors (Lipinski definition) is 5. The lowest BCUT2D eigenvalue weighted by molar-refractivity contribution is -0.118. The number of anilines is 1. The first-order valence-electron chi connectivity index (χ1n) is 9.67. The first-order chi connectivity index (χ1) is 12.9. The number of benzene rings is 1. The lowest BCUT2D eigenvalue weighted by Gasteiger charge is -2.29. The van der Waals surface area contributed by atoms with E-state index in [-0.39, 0.29) is 23.5 Å². The average molecular weight is 396 g/mol. The average Bonchev–Trinajstić information content (AvgIpc) is 2.64. The van der Waals surface area contributed by atoms with Gasteiger partial charge in [-0.05, 0) is 56.8 Å². The molecular formula is C19H29N3O4S. The summed E-state index contributed by atoms with van der Waals surface area (Å²) in [4.78, 5) is 14.6. The summed E-state index contributed by atoms with van der Waals surface area (Å²) in [5.41, 5.74) is 1.34. The lowest BCUT2D eigenvalue weighted by atomic mass is 10.1. The van der Waals surface area contributed by atoms with Crippen molar-refractivity contribution in [1.82, 2.24) is 9.21 Å². The van der Waals surface area contributed by atoms with Gasteiger partial charge in [0.15, 0.2) is 0 Å². The van der Waals surface area contributed by atoms with Crippen molar-refractivity contribution in [3.63, 3.8) is 0 Å². The number of piperidine rings is 2. The van der Waals surface area contributed by atoms with Crippen molar-refractivity contribution in [3.05, 3.63) is 23.8 Å². The van der Waals surface area contributed by atoms with Crippen LogP contribution in [0.25, 0.3) is 0 Å². The number of β-amino-alcohol motifs (C(OH)–C–C–N with tert-alkyl or cyclic N) is 1. The van der Waals surface area contributed by atoms with Crippen LogP contribution in [0.1, 0.15) is 37.7 Å². The topological polar surface area (TPSA) is 90.0 Å². The van der Waals surface area contributed by atoms with E-state index >= 15 is 0 Å². The van der Waals surface area contributed by atoms with Gasteiger partial charge in [0.1, 0.15) is 0 Å². The van der Waals surface area contributed by atoms with E-state index in [2.05, 4.69) is 5.32 Å². The number of likely N-dealkylation sites (tertiary alicyclic amines) is 1. The minimum absolute atomic E-state index is 0.194. The fourth-order valence-electron chi connectivity index (χ4n) is 3.72. The molecule has 1 unspecified atom stereocenters. The Bertz CT molecular complexity index is 775. The summed E-state index contributed by atoms with van der Waals surface area (Å²) < 4.78 is 27.3. The molecule has 0 aromatic heterocycles. The number of aliphatic hydroxyl groups is 1. The van der Waals surface area contributed by atoms with Gasteiger partial charge in [-0.25, -0.2) is 8.42 Å². The van der Waals surface area contributed by atoms with E-state index in [1.807, 2.05) is 11.8 Å². The number of carbonyl (C=O) groups excluding carboxylic acids is 1. The predicted octanol–water partition coefficient (Wildman–Crippen LogP) is 1.56. The zero-order valence-corrected chi connectivity index (χ0v) is 16.7. The van der Waals surface area contributed by atoms with Gasteiger partial charge in [-0.3, -0.25) is 9.69 Å². The second-order valence-corrected chi connectivity index (χ2v) is 9.46. The van der Waals surface area contributed by atoms with Crippen molar-refractivity contribution < 1.29 is 18.3 Å². The molecule has 2 heterocycles. The van der Waals surface area contributed by atoms with Gasteiger partial charge in [0.2, 0.25) is 15.9 Å². The van der Waals surface area contributed by atoms with E-state index < -0.39 is 10.0 Å². The van der Waals surface area contributed by atoms with Crippen LogP contribution in [0.2, 0.25) is 0 Å². The number of aryl methyl sites for hydroxylation is 1. The first kappa shape index (κ1) is 20.3. The molecule has 1 aromatic rings. The summed E-state index contributed by atoms with van der Waals surface area (Å²) in [6.07, 6.45) is 4.09. The molecule has 0 spiro atoms. The highest BCUT2D eigenvalue weighted by Gasteiger charge is 2.26. The summed E-state index contributed by atoms with van der Waals surface area (Å²) in [5.74, 6) is -0.195. The molecule has 2 N–H and O–H groups in total. The standard InChI is InChI=1S/C19H29N3O4S/c1-15-7-8-17(27(25,26)22-10-3-2-4-11-22)12-18(15)20-19(24)14-21-9-5-6-16(23)13-21/h7-8,12,16,23H,2-6,9-11,13-14H2,1H3,(H,20,24). The molecule has 1 atom stereocenters. The molecule has 3 rings (SSSR count). The first-order valence-corrected chi connectivity index (χ1v) is 11.1. The number of nitrogens with one attached hydrogen (secondary N) is 1. The number of aliphatic hydroxyl groups excluding tert-OH is 1. The maximum atomic E-state index is 12.9. The molecule has 2 aliphatic heterocycles. The Morgan fingerprint density at radius 3 is 2.63 bits per heavy atom. The Morgan fingerprint density at radius 1 is 1.19 bits per heavy atom. The Balaban J connectivity index is 1.70. The van der Waals surface area contributed by atoms with Gasteiger partial charge in [-0.15, -0.1) is 0 Å². The molecular weight excluding hydrogens is 366 g/mol. The second kappa shape index (κ2) is 8.68. The molecule has 7 nitrogen and oxygen atoms in total. The maximum Gasteiger partial charge on any atom is 0.243 e. The van der Waals surface area contributed by atoms with Crippen molar-refractivity contribution in [2.24, 2.45) is 0 Å². The van der Waals surface area contributed by atoms with E-state index in [0.29, 0.717) is 25.3 Å². The van der Waals surface area contributed by atoms with Crippen LogP contribution in [0.5, 0.6) is 0 Å². The minimum atomic E-state index is -3.53. The smallest absolute Gasteiger partial charge is 0.243 e. The number of carbonyl (C=O) groups is 1. The SMILES string of the molecule is Cc1ccc(S(=O)(=O)N2CCCCC2)cc1NC(=O)CN1CCCC(O)C1. The Morgan fingerprint density at radius 2 is 1.93 bits per heavy atom. The van der Waals surface area contributed by atoms with Crippen LogP contribution < -0.4 is 5.32 Å². The third-order valence-corrected chi connectivity index (χ3v) is 7.18. The summed E-state index contributed by atoms with van der Waals surface area (Å²) in [5, 5.41) is 12.6. The lowest BCUT2D eigenvalue weighted by Crippen LogP contribution is -2.42. The maximum absolute atomic E-state index is 12.9. The molecule has 0 aliphatic carbocycles. The molecule has 27 heavy (non-hydrogen) atoms. The highest BCUT2D eigenvalue weighted by molar-refractivity contribution is 7.89. The number of sulfonamides is 1. The molecule has 2 saturated heterocycles. The van der Waals surface area contributed by atoms with Crippen LogP contribution >= 0.6 is 0 Å². The number of rotatable bonds is 5. The van der Waals surface area contributed by atoms with E-state index in [9.17, 15) is 18.3 Å². The molecule has 1 aromatic carbocycles. The predicted molar refractivity (Wildman–Crippen MR) is 104 cm³/mol. The van der Waals surface area contributed by atoms with Gasteiger partial charge in [0, 0.05) is 25.3 Å². The fraction of sp³-hybridized carbons (Fsp3) is 0.632. The van der Waals surface area contributed by atoms with Gasteiger partial charge in [-0.1, -0.05) is 12.5 Å². The monoisotopic (exact) mass is 395 g/mol. The highest BCUT2D eigenvalue weighted by Crippen LogP contribution is 2.25. The van der Waals surface area contributed by atoms with Crippen molar-refractivity contribution in [2.75, 3.05) is 38.0 Å². The third kappa shape index (κ3) is 5.07. The van der Waals surface area contributed by atoms with Crippen molar-refractivity contribution in [2.45, 2.75) is 50.0 Å². The highest BCUT2D eigenvalue weighted by atomic mass is 32.2. The third-order valence-electron chi connectivity index (χ3n) is 5.28. The van der Waals surface area contributed by atoms with Crippen molar-refractivity contribution >= 4 is 21.6 Å². The molecule has 0 saturated carbocycles. The zero-order valence-electron chi connectivity index (χ0n) is 15.9. The molecule has 0 bridgehead atoms.